The molecule has 0 saturated carbocycles. The molecule has 132 valence electrons. The topological polar surface area (TPSA) is 267 Å². The second kappa shape index (κ2) is 29.9. The van der Waals surface area contributed by atoms with E-state index in [0.717, 1.165) is 0 Å². The number of hydrogen-bond acceptors (Lipinski definition) is 11. The quantitative estimate of drug-likeness (QED) is 0.105. The van der Waals surface area contributed by atoms with Crippen LogP contribution >= 0.6 is 12.4 Å². The third-order valence-electron chi connectivity index (χ3n) is 0.175. The fourth-order valence-corrected chi connectivity index (χ4v) is 0. The van der Waals surface area contributed by atoms with Crippen molar-refractivity contribution < 1.29 is 183 Å². The summed E-state index contributed by atoms with van der Waals surface area (Å²) in [6.07, 6.45) is 0. The summed E-state index contributed by atoms with van der Waals surface area (Å²) in [6, 6.07) is 0. The van der Waals surface area contributed by atoms with E-state index in [9.17, 15) is 17.2 Å². The maximum absolute atomic E-state index is 9.23. The second-order valence-corrected chi connectivity index (χ2v) is 7.75. The summed E-state index contributed by atoms with van der Waals surface area (Å²) >= 11 is 3.24. The van der Waals surface area contributed by atoms with E-state index in [1.807, 2.05) is 0 Å². The van der Waals surface area contributed by atoms with Crippen LogP contribution in [0.25, 0.3) is 0 Å². The molecular formula is H7Cl2NNa4O12S5. The van der Waals surface area contributed by atoms with Gasteiger partial charge in [-0.25, -0.2) is 12.6 Å². The van der Waals surface area contributed by atoms with E-state index in [1.165, 1.54) is 0 Å². The van der Waals surface area contributed by atoms with Crippen LogP contribution in [0.2, 0.25) is 0 Å². The van der Waals surface area contributed by atoms with Crippen molar-refractivity contribution in [1.29, 1.82) is 0 Å². The molecule has 0 aliphatic carbocycles. The molecule has 13 nitrogen and oxygen atoms in total. The van der Waals surface area contributed by atoms with E-state index in [2.05, 4.69) is 11.2 Å². The molecule has 0 fully saturated rings. The molecule has 0 aliphatic heterocycles. The molecule has 0 rings (SSSR count). The smallest absolute Gasteiger partial charge is 1.00 e. The van der Waals surface area contributed by atoms with Crippen LogP contribution in [0.5, 0.6) is 0 Å². The van der Waals surface area contributed by atoms with E-state index in [0.29, 0.717) is 0 Å². The van der Waals surface area contributed by atoms with Gasteiger partial charge in [0.25, 0.3) is 10.1 Å². The van der Waals surface area contributed by atoms with E-state index < -0.39 is 38.7 Å². The van der Waals surface area contributed by atoms with Gasteiger partial charge in [-0.3, -0.25) is 17.9 Å². The minimum Gasteiger partial charge on any atom is -1.00 e. The SMILES string of the molecule is Cl.N.O=S(=O)(O)O.O=S(O)S(=O)(=O)[O-].O=S([O-])([O-])=S.[Cl-].[Na+].[Na+].[Na+].[Na+]. The zero-order chi connectivity index (χ0) is 15.1. The monoisotopic (exact) mass is 535 g/mol. The Balaban J connectivity index is -0.0000000135. The van der Waals surface area contributed by atoms with Gasteiger partial charge < -0.3 is 32.2 Å². The van der Waals surface area contributed by atoms with Crippen LogP contribution in [0.15, 0.2) is 0 Å². The molecule has 24 heteroatoms. The van der Waals surface area contributed by atoms with Crippen molar-refractivity contribution >= 4 is 62.3 Å². The molecule has 1 atom stereocenters. The van der Waals surface area contributed by atoms with Gasteiger partial charge >= 0.3 is 129 Å². The Morgan fingerprint density at radius 1 is 0.833 bits per heavy atom. The average Bonchev–Trinajstić information content (AvgIpc) is 1.74. The summed E-state index contributed by atoms with van der Waals surface area (Å²) in [5.74, 6) is 0. The number of halogens is 2. The summed E-state index contributed by atoms with van der Waals surface area (Å²) in [6.45, 7) is 0. The molecule has 24 heavy (non-hydrogen) atoms. The zero-order valence-corrected chi connectivity index (χ0v) is 26.2. The van der Waals surface area contributed by atoms with Gasteiger partial charge in [0.1, 0.15) is 0 Å². The van der Waals surface area contributed by atoms with Crippen molar-refractivity contribution in [3.8, 4) is 0 Å². The van der Waals surface area contributed by atoms with Crippen molar-refractivity contribution in [2.45, 2.75) is 0 Å². The standard InChI is InChI=1S/2ClH.H3N.4Na.H2O5S2.H2O4S.H2O3S2/c;;;;;;;1-6(2)7(3,4)5;2*1-5(2,3)4/h2*1H;1H3;;;;;(H,1,2)(H,3,4,5);2*(H2,1,2,3,4)/q;;;4*+1;;;/p-4. The molecule has 0 amide bonds. The van der Waals surface area contributed by atoms with E-state index >= 15 is 0 Å². The van der Waals surface area contributed by atoms with Gasteiger partial charge in [-0.2, -0.15) is 8.42 Å². The molecule has 0 radical (unpaired) electrons. The van der Waals surface area contributed by atoms with Gasteiger partial charge in [0.15, 0.2) is 0 Å². The Hall–Kier alpha value is 4.72. The van der Waals surface area contributed by atoms with Crippen LogP contribution < -0.4 is 137 Å². The summed E-state index contributed by atoms with van der Waals surface area (Å²) in [7, 11) is -17.2. The van der Waals surface area contributed by atoms with E-state index in [1.54, 1.807) is 0 Å². The summed E-state index contributed by atoms with van der Waals surface area (Å²) in [4.78, 5) is 0. The van der Waals surface area contributed by atoms with Crippen molar-refractivity contribution in [2.75, 3.05) is 0 Å². The zero-order valence-electron chi connectivity index (χ0n) is 12.6. The first kappa shape index (κ1) is 63.0. The maximum atomic E-state index is 9.23. The van der Waals surface area contributed by atoms with Gasteiger partial charge in [-0.1, -0.05) is 0 Å². The largest absolute Gasteiger partial charge is 1.00 e. The molecule has 0 aromatic rings. The molecule has 0 bridgehead atoms. The van der Waals surface area contributed by atoms with Crippen LogP contribution in [0.4, 0.5) is 0 Å². The minimum atomic E-state index is -4.96. The molecule has 0 saturated heterocycles. The van der Waals surface area contributed by atoms with E-state index in [-0.39, 0.29) is 149 Å². The predicted molar refractivity (Wildman–Crippen MR) is 64.0 cm³/mol. The fraction of sp³-hybridized carbons (Fsp3) is 0. The summed E-state index contributed by atoms with van der Waals surface area (Å²) in [5.41, 5.74) is 0. The van der Waals surface area contributed by atoms with Crippen molar-refractivity contribution in [3.05, 3.63) is 0 Å². The van der Waals surface area contributed by atoms with Crippen LogP contribution in [0.1, 0.15) is 0 Å². The first-order valence-corrected chi connectivity index (χ1v) is 9.14. The molecule has 0 aromatic carbocycles. The third kappa shape index (κ3) is 154. The second-order valence-electron chi connectivity index (χ2n) is 1.48. The molecular weight excluding hydrogens is 529 g/mol. The van der Waals surface area contributed by atoms with Gasteiger partial charge in [-0.05, 0) is 11.2 Å². The van der Waals surface area contributed by atoms with Crippen LogP contribution in [0.3, 0.4) is 0 Å². The Morgan fingerprint density at radius 3 is 0.875 bits per heavy atom. The van der Waals surface area contributed by atoms with Gasteiger partial charge in [0.2, 0.25) is 9.15 Å². The van der Waals surface area contributed by atoms with Gasteiger partial charge in [-0.15, -0.1) is 21.5 Å². The van der Waals surface area contributed by atoms with Crippen LogP contribution in [-0.2, 0) is 49.9 Å². The molecule has 0 spiro atoms. The Morgan fingerprint density at radius 2 is 0.875 bits per heavy atom. The van der Waals surface area contributed by atoms with Crippen molar-refractivity contribution in [1.82, 2.24) is 6.15 Å². The van der Waals surface area contributed by atoms with Crippen LogP contribution in [0, 0.1) is 0 Å². The van der Waals surface area contributed by atoms with E-state index in [4.69, 9.17) is 35.4 Å². The normalized spacial score (nSPS) is 9.58. The minimum absolute atomic E-state index is 0. The molecule has 0 aliphatic rings. The Bertz CT molecular complexity index is 496. The molecule has 1 unspecified atom stereocenters. The number of rotatable bonds is 1. The third-order valence-corrected chi connectivity index (χ3v) is 1.57. The predicted octanol–water partition coefficient (Wildman–Crippen LogP) is -17.4. The van der Waals surface area contributed by atoms with Crippen molar-refractivity contribution in [3.63, 3.8) is 0 Å². The van der Waals surface area contributed by atoms with Gasteiger partial charge in [0.05, 0.1) is 0 Å². The molecule has 6 N–H and O–H groups in total. The first-order chi connectivity index (χ1) is 6.94. The average molecular weight is 536 g/mol. The van der Waals surface area contributed by atoms with Crippen molar-refractivity contribution in [2.24, 2.45) is 0 Å². The maximum Gasteiger partial charge on any atom is 1.00 e. The fourth-order valence-electron chi connectivity index (χ4n) is 0. The first-order valence-electron chi connectivity index (χ1n) is 2.38. The summed E-state index contributed by atoms with van der Waals surface area (Å²) in [5, 5.41) is 0. The molecule has 0 heterocycles. The van der Waals surface area contributed by atoms with Crippen LogP contribution in [-0.4, -0.2) is 52.6 Å². The summed E-state index contributed by atoms with van der Waals surface area (Å²) < 4.78 is 103. The number of hydrogen-bond donors (Lipinski definition) is 4. The van der Waals surface area contributed by atoms with Gasteiger partial charge in [0, 0.05) is 0 Å². The molecule has 0 aromatic heterocycles. The Labute approximate surface area is 246 Å². The Kier molecular flexibility index (Phi) is 78.5.